The van der Waals surface area contributed by atoms with Gasteiger partial charge in [-0.1, -0.05) is 138 Å². The van der Waals surface area contributed by atoms with Gasteiger partial charge in [0.25, 0.3) is 0 Å². The first kappa shape index (κ1) is 35.3. The Morgan fingerprint density at radius 1 is 0.543 bits per heavy atom. The second kappa shape index (κ2) is 14.4. The van der Waals surface area contributed by atoms with Crippen LogP contribution in [0, 0.1) is 13.8 Å². The maximum atomic E-state index is 11.4. The molecule has 4 aromatic carbocycles. The van der Waals surface area contributed by atoms with Gasteiger partial charge in [0.05, 0.1) is 0 Å². The van der Waals surface area contributed by atoms with Gasteiger partial charge < -0.3 is 10.2 Å². The van der Waals surface area contributed by atoms with E-state index in [4.69, 9.17) is 0 Å². The first-order valence-corrected chi connectivity index (χ1v) is 16.7. The SMILES string of the molecule is Cc1cc(CN(C)[C@@H](CC[C@@H](c2ccccc2)N(C)Cc2cc(C)cc(C(C)(C)C)c2O)c2ccccc2)c(O)c(C(C)(C)C)c1. The molecule has 0 aliphatic heterocycles. The van der Waals surface area contributed by atoms with Crippen LogP contribution in [-0.4, -0.2) is 34.1 Å². The molecule has 0 amide bonds. The Morgan fingerprint density at radius 3 is 1.17 bits per heavy atom. The number of nitrogens with zero attached hydrogens (tertiary/aromatic N) is 2. The minimum Gasteiger partial charge on any atom is -0.507 e. The summed E-state index contributed by atoms with van der Waals surface area (Å²) in [6.45, 7) is 18.5. The van der Waals surface area contributed by atoms with Crippen molar-refractivity contribution in [3.8, 4) is 11.5 Å². The highest BCUT2D eigenvalue weighted by molar-refractivity contribution is 5.48. The molecule has 2 atom stereocenters. The van der Waals surface area contributed by atoms with Crippen molar-refractivity contribution in [1.29, 1.82) is 0 Å². The van der Waals surface area contributed by atoms with Crippen LogP contribution >= 0.6 is 0 Å². The number of phenolic OH excluding ortho intramolecular Hbond substituents is 2. The molecule has 0 aliphatic carbocycles. The lowest BCUT2D eigenvalue weighted by atomic mass is 9.84. The molecule has 0 aliphatic rings. The van der Waals surface area contributed by atoms with E-state index in [-0.39, 0.29) is 22.9 Å². The summed E-state index contributed by atoms with van der Waals surface area (Å²) in [6, 6.07) is 30.3. The first-order valence-electron chi connectivity index (χ1n) is 16.7. The maximum Gasteiger partial charge on any atom is 0.123 e. The molecule has 4 nitrogen and oxygen atoms in total. The van der Waals surface area contributed by atoms with Crippen LogP contribution in [0.5, 0.6) is 11.5 Å². The molecule has 4 rings (SSSR count). The summed E-state index contributed by atoms with van der Waals surface area (Å²) >= 11 is 0. The lowest BCUT2D eigenvalue weighted by Gasteiger charge is -2.34. The summed E-state index contributed by atoms with van der Waals surface area (Å²) in [6.07, 6.45) is 1.85. The summed E-state index contributed by atoms with van der Waals surface area (Å²) in [5, 5.41) is 22.8. The summed E-state index contributed by atoms with van der Waals surface area (Å²) in [4.78, 5) is 4.78. The lowest BCUT2D eigenvalue weighted by molar-refractivity contribution is 0.175. The zero-order valence-electron chi connectivity index (χ0n) is 29.9. The van der Waals surface area contributed by atoms with Crippen LogP contribution in [0.15, 0.2) is 84.9 Å². The van der Waals surface area contributed by atoms with Gasteiger partial charge in [0.15, 0.2) is 0 Å². The minimum absolute atomic E-state index is 0.144. The highest BCUT2D eigenvalue weighted by Gasteiger charge is 2.27. The quantitative estimate of drug-likeness (QED) is 0.175. The Balaban J connectivity index is 1.65. The highest BCUT2D eigenvalue weighted by Crippen LogP contribution is 2.39. The van der Waals surface area contributed by atoms with Gasteiger partial charge in [-0.2, -0.15) is 0 Å². The van der Waals surface area contributed by atoms with Crippen LogP contribution in [0.25, 0.3) is 0 Å². The van der Waals surface area contributed by atoms with Gasteiger partial charge in [0, 0.05) is 36.3 Å². The molecule has 0 heterocycles. The number of rotatable bonds is 11. The zero-order valence-corrected chi connectivity index (χ0v) is 29.9. The van der Waals surface area contributed by atoms with Gasteiger partial charge in [-0.25, -0.2) is 0 Å². The fraction of sp³-hybridized carbons (Fsp3) is 0.429. The average molecular weight is 621 g/mol. The molecule has 0 saturated heterocycles. The Hall–Kier alpha value is -3.60. The topological polar surface area (TPSA) is 46.9 Å². The Labute approximate surface area is 278 Å². The van der Waals surface area contributed by atoms with Crippen LogP contribution in [0.2, 0.25) is 0 Å². The zero-order chi connectivity index (χ0) is 33.8. The second-order valence-corrected chi connectivity index (χ2v) is 15.4. The van der Waals surface area contributed by atoms with E-state index in [2.05, 4.69) is 164 Å². The average Bonchev–Trinajstić information content (AvgIpc) is 2.98. The monoisotopic (exact) mass is 620 g/mol. The summed E-state index contributed by atoms with van der Waals surface area (Å²) in [5.41, 5.74) is 8.51. The summed E-state index contributed by atoms with van der Waals surface area (Å²) < 4.78 is 0. The molecular formula is C42H56N2O2. The molecule has 0 radical (unpaired) electrons. The van der Waals surface area contributed by atoms with Crippen LogP contribution in [-0.2, 0) is 23.9 Å². The standard InChI is InChI=1S/C42H56N2O2/c1-29-23-33(39(45)35(25-29)41(3,4)5)27-43(9)37(31-17-13-11-14-18-31)21-22-38(32-19-15-12-16-20-32)44(10)28-34-24-30(2)26-36(40(34)46)42(6,7)8/h11-20,23-26,37-38,45-46H,21-22,27-28H2,1-10H3/t37-,38-/m0/s1. The molecular weight excluding hydrogens is 564 g/mol. The fourth-order valence-corrected chi connectivity index (χ4v) is 6.80. The number of aryl methyl sites for hydroxylation is 2. The van der Waals surface area contributed by atoms with Gasteiger partial charge in [-0.3, -0.25) is 9.80 Å². The van der Waals surface area contributed by atoms with E-state index in [9.17, 15) is 10.2 Å². The Morgan fingerprint density at radius 2 is 0.870 bits per heavy atom. The van der Waals surface area contributed by atoms with E-state index in [1.165, 1.54) is 22.3 Å². The fourth-order valence-electron chi connectivity index (χ4n) is 6.80. The second-order valence-electron chi connectivity index (χ2n) is 15.4. The molecule has 4 aromatic rings. The molecule has 0 fully saturated rings. The number of hydrogen-bond acceptors (Lipinski definition) is 4. The molecule has 246 valence electrons. The molecule has 0 bridgehead atoms. The van der Waals surface area contributed by atoms with E-state index >= 15 is 0 Å². The first-order chi connectivity index (χ1) is 21.6. The van der Waals surface area contributed by atoms with Gasteiger partial charge in [0.1, 0.15) is 11.5 Å². The Kier molecular flexibility index (Phi) is 11.1. The Bertz CT molecular complexity index is 1460. The third-order valence-electron chi connectivity index (χ3n) is 9.27. The van der Waals surface area contributed by atoms with Crippen molar-refractivity contribution in [2.45, 2.75) is 104 Å². The maximum absolute atomic E-state index is 11.4. The van der Waals surface area contributed by atoms with Crippen LogP contribution in [0.1, 0.15) is 111 Å². The molecule has 4 heteroatoms. The van der Waals surface area contributed by atoms with E-state index in [1.807, 2.05) is 0 Å². The van der Waals surface area contributed by atoms with Crippen molar-refractivity contribution in [1.82, 2.24) is 9.80 Å². The third-order valence-corrected chi connectivity index (χ3v) is 9.27. The molecule has 0 spiro atoms. The molecule has 0 saturated carbocycles. The van der Waals surface area contributed by atoms with Gasteiger partial charge >= 0.3 is 0 Å². The summed E-state index contributed by atoms with van der Waals surface area (Å²) in [5.74, 6) is 0.817. The van der Waals surface area contributed by atoms with E-state index < -0.39 is 0 Å². The summed E-state index contributed by atoms with van der Waals surface area (Å²) in [7, 11) is 4.35. The molecule has 0 aromatic heterocycles. The van der Waals surface area contributed by atoms with Crippen LogP contribution in [0.4, 0.5) is 0 Å². The van der Waals surface area contributed by atoms with Gasteiger partial charge in [-0.15, -0.1) is 0 Å². The van der Waals surface area contributed by atoms with Crippen molar-refractivity contribution < 1.29 is 10.2 Å². The van der Waals surface area contributed by atoms with Crippen molar-refractivity contribution in [2.75, 3.05) is 14.1 Å². The van der Waals surface area contributed by atoms with Crippen molar-refractivity contribution in [3.05, 3.63) is 129 Å². The van der Waals surface area contributed by atoms with E-state index in [0.29, 0.717) is 24.6 Å². The smallest absolute Gasteiger partial charge is 0.123 e. The van der Waals surface area contributed by atoms with E-state index in [1.54, 1.807) is 0 Å². The molecule has 0 unspecified atom stereocenters. The number of benzene rings is 4. The molecule has 2 N–H and O–H groups in total. The molecule has 46 heavy (non-hydrogen) atoms. The van der Waals surface area contributed by atoms with Crippen molar-refractivity contribution >= 4 is 0 Å². The predicted molar refractivity (Wildman–Crippen MR) is 194 cm³/mol. The highest BCUT2D eigenvalue weighted by atomic mass is 16.3. The van der Waals surface area contributed by atoms with Crippen LogP contribution in [0.3, 0.4) is 0 Å². The van der Waals surface area contributed by atoms with E-state index in [0.717, 1.165) is 35.1 Å². The van der Waals surface area contributed by atoms with Gasteiger partial charge in [-0.05, 0) is 73.9 Å². The number of hydrogen-bond donors (Lipinski definition) is 2. The minimum atomic E-state index is -0.144. The van der Waals surface area contributed by atoms with Crippen molar-refractivity contribution in [3.63, 3.8) is 0 Å². The van der Waals surface area contributed by atoms with Crippen LogP contribution < -0.4 is 0 Å². The number of phenols is 2. The van der Waals surface area contributed by atoms with Crippen molar-refractivity contribution in [2.24, 2.45) is 0 Å². The number of aromatic hydroxyl groups is 2. The lowest BCUT2D eigenvalue weighted by Crippen LogP contribution is -2.28. The van der Waals surface area contributed by atoms with Gasteiger partial charge in [0.2, 0.25) is 0 Å². The normalized spacial score (nSPS) is 13.7. The predicted octanol–water partition coefficient (Wildman–Crippen LogP) is 10.1. The largest absolute Gasteiger partial charge is 0.507 e. The third kappa shape index (κ3) is 8.60.